The lowest BCUT2D eigenvalue weighted by atomic mass is 10.2. The van der Waals surface area contributed by atoms with Crippen LogP contribution in [-0.4, -0.2) is 11.0 Å². The van der Waals surface area contributed by atoms with Crippen molar-refractivity contribution in [1.82, 2.24) is 0 Å². The molecule has 3 aromatic carbocycles. The van der Waals surface area contributed by atoms with E-state index in [-0.39, 0.29) is 11.3 Å². The summed E-state index contributed by atoms with van der Waals surface area (Å²) < 4.78 is 5.74. The molecular formula is C20H15Cl2NO3. The topological polar surface area (TPSA) is 58.6 Å². The van der Waals surface area contributed by atoms with E-state index in [1.165, 1.54) is 18.2 Å². The van der Waals surface area contributed by atoms with Gasteiger partial charge in [0.05, 0.1) is 5.56 Å². The summed E-state index contributed by atoms with van der Waals surface area (Å²) in [5.41, 5.74) is 1.63. The Balaban J connectivity index is 1.68. The number of phenolic OH excluding ortho intramolecular Hbond substituents is 1. The van der Waals surface area contributed by atoms with Gasteiger partial charge < -0.3 is 15.2 Å². The molecule has 0 saturated heterocycles. The van der Waals surface area contributed by atoms with Crippen LogP contribution >= 0.6 is 23.2 Å². The second-order valence-corrected chi connectivity index (χ2v) is 6.43. The molecule has 0 aromatic heterocycles. The number of rotatable bonds is 5. The Bertz CT molecular complexity index is 927. The zero-order valence-corrected chi connectivity index (χ0v) is 15.1. The molecule has 2 N–H and O–H groups in total. The highest BCUT2D eigenvalue weighted by Gasteiger charge is 2.12. The Hall–Kier alpha value is -2.69. The number of carbonyl (C=O) groups excluding carboxylic acids is 1. The number of phenols is 1. The maximum atomic E-state index is 12.3. The van der Waals surface area contributed by atoms with Crippen molar-refractivity contribution in [1.29, 1.82) is 0 Å². The van der Waals surface area contributed by atoms with Crippen molar-refractivity contribution >= 4 is 34.8 Å². The molecule has 0 atom stereocenters. The summed E-state index contributed by atoms with van der Waals surface area (Å²) in [4.78, 5) is 12.3. The molecule has 4 nitrogen and oxygen atoms in total. The van der Waals surface area contributed by atoms with Gasteiger partial charge >= 0.3 is 0 Å². The smallest absolute Gasteiger partial charge is 0.259 e. The Morgan fingerprint density at radius 3 is 2.46 bits per heavy atom. The van der Waals surface area contributed by atoms with Crippen LogP contribution in [0.15, 0.2) is 66.7 Å². The number of halogens is 2. The van der Waals surface area contributed by atoms with Crippen molar-refractivity contribution in [2.75, 3.05) is 5.32 Å². The van der Waals surface area contributed by atoms with Gasteiger partial charge in [0.15, 0.2) is 0 Å². The molecule has 0 spiro atoms. The minimum Gasteiger partial charge on any atom is -0.507 e. The van der Waals surface area contributed by atoms with Crippen molar-refractivity contribution in [2.24, 2.45) is 0 Å². The highest BCUT2D eigenvalue weighted by atomic mass is 35.5. The number of nitrogens with one attached hydrogen (secondary N) is 1. The summed E-state index contributed by atoms with van der Waals surface area (Å²) in [5.74, 6) is 0.00922. The molecule has 0 saturated carbocycles. The molecule has 0 aliphatic carbocycles. The van der Waals surface area contributed by atoms with E-state index >= 15 is 0 Å². The van der Waals surface area contributed by atoms with Gasteiger partial charge in [0.2, 0.25) is 0 Å². The van der Waals surface area contributed by atoms with Crippen LogP contribution in [0.3, 0.4) is 0 Å². The van der Waals surface area contributed by atoms with Crippen LogP contribution in [0.4, 0.5) is 5.69 Å². The molecule has 0 radical (unpaired) electrons. The lowest BCUT2D eigenvalue weighted by molar-refractivity contribution is 0.102. The van der Waals surface area contributed by atoms with Crippen LogP contribution in [0.2, 0.25) is 10.0 Å². The van der Waals surface area contributed by atoms with Crippen molar-refractivity contribution in [3.05, 3.63) is 87.9 Å². The van der Waals surface area contributed by atoms with Gasteiger partial charge in [-0.25, -0.2) is 0 Å². The lowest BCUT2D eigenvalue weighted by Gasteiger charge is -2.10. The molecule has 132 valence electrons. The predicted octanol–water partition coefficient (Wildman–Crippen LogP) is 5.53. The summed E-state index contributed by atoms with van der Waals surface area (Å²) in [5, 5.41) is 13.6. The van der Waals surface area contributed by atoms with Crippen LogP contribution in [0.1, 0.15) is 15.9 Å². The molecule has 0 heterocycles. The highest BCUT2D eigenvalue weighted by molar-refractivity contribution is 6.31. The quantitative estimate of drug-likeness (QED) is 0.604. The monoisotopic (exact) mass is 387 g/mol. The second-order valence-electron chi connectivity index (χ2n) is 5.56. The van der Waals surface area contributed by atoms with Gasteiger partial charge in [-0.15, -0.1) is 0 Å². The molecule has 0 bridgehead atoms. The maximum absolute atomic E-state index is 12.3. The van der Waals surface area contributed by atoms with Gasteiger partial charge in [-0.1, -0.05) is 41.4 Å². The van der Waals surface area contributed by atoms with Crippen LogP contribution in [0.5, 0.6) is 11.5 Å². The molecule has 0 fully saturated rings. The standard InChI is InChI=1S/C20H15Cl2NO3/c21-14-6-4-13(5-7-14)12-26-17-3-1-2-16(11-17)23-20(25)18-10-15(22)8-9-19(18)24/h1-11,24H,12H2,(H,23,25). The van der Waals surface area contributed by atoms with E-state index in [1.807, 2.05) is 12.1 Å². The van der Waals surface area contributed by atoms with Crippen molar-refractivity contribution in [2.45, 2.75) is 6.61 Å². The summed E-state index contributed by atoms with van der Waals surface area (Å²) in [7, 11) is 0. The number of hydrogen-bond donors (Lipinski definition) is 2. The van der Waals surface area contributed by atoms with Gasteiger partial charge in [0, 0.05) is 21.8 Å². The Morgan fingerprint density at radius 2 is 1.69 bits per heavy atom. The number of amides is 1. The number of aromatic hydroxyl groups is 1. The second kappa shape index (κ2) is 8.13. The summed E-state index contributed by atoms with van der Waals surface area (Å²) in [6.07, 6.45) is 0. The van der Waals surface area contributed by atoms with Crippen LogP contribution in [0, 0.1) is 0 Å². The number of hydrogen-bond acceptors (Lipinski definition) is 3. The first-order valence-corrected chi connectivity index (χ1v) is 8.54. The van der Waals surface area contributed by atoms with Crippen LogP contribution in [0.25, 0.3) is 0 Å². The average Bonchev–Trinajstić information content (AvgIpc) is 2.63. The van der Waals surface area contributed by atoms with E-state index in [2.05, 4.69) is 5.32 Å². The van der Waals surface area contributed by atoms with E-state index in [9.17, 15) is 9.90 Å². The predicted molar refractivity (Wildman–Crippen MR) is 103 cm³/mol. The number of carbonyl (C=O) groups is 1. The third-order valence-corrected chi connectivity index (χ3v) is 4.10. The van der Waals surface area contributed by atoms with E-state index < -0.39 is 5.91 Å². The minimum atomic E-state index is -0.458. The first-order valence-electron chi connectivity index (χ1n) is 7.78. The molecule has 3 rings (SSSR count). The number of ether oxygens (including phenoxy) is 1. The van der Waals surface area contributed by atoms with Gasteiger partial charge in [0.1, 0.15) is 18.1 Å². The third-order valence-electron chi connectivity index (χ3n) is 3.61. The lowest BCUT2D eigenvalue weighted by Crippen LogP contribution is -2.12. The van der Waals surface area contributed by atoms with Crippen molar-refractivity contribution in [3.63, 3.8) is 0 Å². The molecule has 1 amide bonds. The zero-order chi connectivity index (χ0) is 18.5. The Morgan fingerprint density at radius 1 is 0.962 bits per heavy atom. The largest absolute Gasteiger partial charge is 0.507 e. The Kier molecular flexibility index (Phi) is 5.66. The fourth-order valence-electron chi connectivity index (χ4n) is 2.30. The fourth-order valence-corrected chi connectivity index (χ4v) is 2.60. The van der Waals surface area contributed by atoms with Crippen molar-refractivity contribution in [3.8, 4) is 11.5 Å². The fraction of sp³-hybridized carbons (Fsp3) is 0.0500. The molecule has 6 heteroatoms. The number of benzene rings is 3. The van der Waals surface area contributed by atoms with Gasteiger partial charge in [-0.05, 0) is 48.0 Å². The molecule has 0 aliphatic rings. The van der Waals surface area contributed by atoms with Gasteiger partial charge in [0.25, 0.3) is 5.91 Å². The Labute approximate surface area is 161 Å². The van der Waals surface area contributed by atoms with E-state index in [4.69, 9.17) is 27.9 Å². The third kappa shape index (κ3) is 4.69. The first-order chi connectivity index (χ1) is 12.5. The summed E-state index contributed by atoms with van der Waals surface area (Å²) in [6, 6.07) is 18.7. The zero-order valence-electron chi connectivity index (χ0n) is 13.6. The van der Waals surface area contributed by atoms with Crippen LogP contribution < -0.4 is 10.1 Å². The highest BCUT2D eigenvalue weighted by Crippen LogP contribution is 2.24. The minimum absolute atomic E-state index is 0.102. The molecule has 26 heavy (non-hydrogen) atoms. The average molecular weight is 388 g/mol. The van der Waals surface area contributed by atoms with Crippen LogP contribution in [-0.2, 0) is 6.61 Å². The summed E-state index contributed by atoms with van der Waals surface area (Å²) in [6.45, 7) is 0.379. The number of anilines is 1. The molecular weight excluding hydrogens is 373 g/mol. The van der Waals surface area contributed by atoms with Gasteiger partial charge in [-0.3, -0.25) is 4.79 Å². The van der Waals surface area contributed by atoms with E-state index in [1.54, 1.807) is 36.4 Å². The first kappa shape index (κ1) is 18.1. The molecule has 0 unspecified atom stereocenters. The van der Waals surface area contributed by atoms with Crippen molar-refractivity contribution < 1.29 is 14.6 Å². The summed E-state index contributed by atoms with van der Waals surface area (Å²) >= 11 is 11.7. The van der Waals surface area contributed by atoms with E-state index in [0.717, 1.165) is 5.56 Å². The molecule has 0 aliphatic heterocycles. The van der Waals surface area contributed by atoms with E-state index in [0.29, 0.717) is 28.1 Å². The maximum Gasteiger partial charge on any atom is 0.259 e. The normalized spacial score (nSPS) is 10.4. The molecule has 3 aromatic rings. The van der Waals surface area contributed by atoms with Gasteiger partial charge in [-0.2, -0.15) is 0 Å². The SMILES string of the molecule is O=C(Nc1cccc(OCc2ccc(Cl)cc2)c1)c1cc(Cl)ccc1O.